The highest BCUT2D eigenvalue weighted by atomic mass is 35.5. The minimum Gasteiger partial charge on any atom is -0.319 e. The van der Waals surface area contributed by atoms with E-state index in [1.165, 1.54) is 12.1 Å². The molecule has 0 spiro atoms. The van der Waals surface area contributed by atoms with Crippen molar-refractivity contribution in [3.8, 4) is 0 Å². The highest BCUT2D eigenvalue weighted by molar-refractivity contribution is 6.34. The quantitative estimate of drug-likeness (QED) is 0.887. The molecule has 0 aliphatic carbocycles. The molecule has 0 aliphatic rings. The summed E-state index contributed by atoms with van der Waals surface area (Å²) in [4.78, 5) is 11.8. The van der Waals surface area contributed by atoms with Gasteiger partial charge in [-0.2, -0.15) is 0 Å². The van der Waals surface area contributed by atoms with Gasteiger partial charge in [0.15, 0.2) is 0 Å². The lowest BCUT2D eigenvalue weighted by Crippen LogP contribution is -2.15. The summed E-state index contributed by atoms with van der Waals surface area (Å²) in [6.45, 7) is 0. The predicted molar refractivity (Wildman–Crippen MR) is 65.7 cm³/mol. The van der Waals surface area contributed by atoms with Gasteiger partial charge in [-0.25, -0.2) is 13.2 Å². The lowest BCUT2D eigenvalue weighted by atomic mass is 10.2. The number of halogens is 4. The van der Waals surface area contributed by atoms with Crippen LogP contribution in [0.25, 0.3) is 0 Å². The topological polar surface area (TPSA) is 29.1 Å². The van der Waals surface area contributed by atoms with Crippen LogP contribution < -0.4 is 5.32 Å². The van der Waals surface area contributed by atoms with Gasteiger partial charge in [-0.05, 0) is 24.3 Å². The Balaban J connectivity index is 2.34. The van der Waals surface area contributed by atoms with Crippen LogP contribution in [0.1, 0.15) is 10.4 Å². The van der Waals surface area contributed by atoms with E-state index in [1.54, 1.807) is 0 Å². The van der Waals surface area contributed by atoms with Crippen LogP contribution in [-0.2, 0) is 0 Å². The Hall–Kier alpha value is -2.01. The van der Waals surface area contributed by atoms with E-state index in [1.807, 2.05) is 0 Å². The molecule has 1 N–H and O–H groups in total. The van der Waals surface area contributed by atoms with Crippen LogP contribution in [0.5, 0.6) is 0 Å². The van der Waals surface area contributed by atoms with Crippen molar-refractivity contribution >= 4 is 23.2 Å². The molecule has 0 heterocycles. The summed E-state index contributed by atoms with van der Waals surface area (Å²) in [5.41, 5.74) is -0.808. The SMILES string of the molecule is O=C(Nc1cc(F)ccc1F)c1c(F)cccc1Cl. The van der Waals surface area contributed by atoms with Gasteiger partial charge >= 0.3 is 0 Å². The highest BCUT2D eigenvalue weighted by Crippen LogP contribution is 2.22. The largest absolute Gasteiger partial charge is 0.319 e. The van der Waals surface area contributed by atoms with Gasteiger partial charge in [0.1, 0.15) is 17.5 Å². The van der Waals surface area contributed by atoms with Crippen LogP contribution in [0.4, 0.5) is 18.9 Å². The number of hydrogen-bond acceptors (Lipinski definition) is 1. The first-order valence-corrected chi connectivity index (χ1v) is 5.57. The summed E-state index contributed by atoms with van der Waals surface area (Å²) in [6, 6.07) is 6.25. The van der Waals surface area contributed by atoms with E-state index in [2.05, 4.69) is 5.32 Å². The highest BCUT2D eigenvalue weighted by Gasteiger charge is 2.17. The molecule has 0 unspecified atom stereocenters. The summed E-state index contributed by atoms with van der Waals surface area (Å²) >= 11 is 5.69. The maximum absolute atomic E-state index is 13.5. The Bertz CT molecular complexity index is 626. The molecule has 6 heteroatoms. The van der Waals surface area contributed by atoms with E-state index in [0.717, 1.165) is 24.3 Å². The molecular weight excluding hydrogens is 279 g/mol. The molecule has 2 aromatic rings. The molecule has 0 atom stereocenters. The Morgan fingerprint density at radius 3 is 2.47 bits per heavy atom. The van der Waals surface area contributed by atoms with Gasteiger partial charge in [-0.1, -0.05) is 17.7 Å². The molecule has 98 valence electrons. The van der Waals surface area contributed by atoms with E-state index in [-0.39, 0.29) is 10.7 Å². The average molecular weight is 286 g/mol. The van der Waals surface area contributed by atoms with E-state index < -0.39 is 28.9 Å². The molecule has 0 radical (unpaired) electrons. The Labute approximate surface area is 111 Å². The lowest BCUT2D eigenvalue weighted by molar-refractivity contribution is 0.102. The molecule has 0 aromatic heterocycles. The fourth-order valence-electron chi connectivity index (χ4n) is 1.49. The average Bonchev–Trinajstić information content (AvgIpc) is 2.33. The molecule has 2 aromatic carbocycles. The summed E-state index contributed by atoms with van der Waals surface area (Å²) in [5, 5.41) is 1.95. The van der Waals surface area contributed by atoms with Crippen molar-refractivity contribution in [3.05, 3.63) is 64.4 Å². The second kappa shape index (κ2) is 5.32. The van der Waals surface area contributed by atoms with Crippen molar-refractivity contribution in [2.24, 2.45) is 0 Å². The third-order valence-corrected chi connectivity index (χ3v) is 2.68. The number of benzene rings is 2. The minimum absolute atomic E-state index is 0.116. The second-order valence-corrected chi connectivity index (χ2v) is 4.08. The number of rotatable bonds is 2. The van der Waals surface area contributed by atoms with Crippen molar-refractivity contribution in [2.75, 3.05) is 5.32 Å². The maximum Gasteiger partial charge on any atom is 0.260 e. The van der Waals surface area contributed by atoms with Gasteiger partial charge in [0.25, 0.3) is 5.91 Å². The molecule has 0 aliphatic heterocycles. The van der Waals surface area contributed by atoms with Crippen LogP contribution in [0.2, 0.25) is 5.02 Å². The van der Waals surface area contributed by atoms with E-state index >= 15 is 0 Å². The Morgan fingerprint density at radius 1 is 1.05 bits per heavy atom. The molecule has 1 amide bonds. The van der Waals surface area contributed by atoms with Gasteiger partial charge in [0.05, 0.1) is 16.3 Å². The van der Waals surface area contributed by atoms with Crippen LogP contribution in [0.3, 0.4) is 0 Å². The fraction of sp³-hybridized carbons (Fsp3) is 0. The maximum atomic E-state index is 13.5. The predicted octanol–water partition coefficient (Wildman–Crippen LogP) is 4.01. The summed E-state index contributed by atoms with van der Waals surface area (Å²) in [5.74, 6) is -3.35. The molecule has 2 rings (SSSR count). The van der Waals surface area contributed by atoms with Gasteiger partial charge in [-0.3, -0.25) is 4.79 Å². The second-order valence-electron chi connectivity index (χ2n) is 3.67. The molecule has 0 bridgehead atoms. The fourth-order valence-corrected chi connectivity index (χ4v) is 1.74. The normalized spacial score (nSPS) is 10.3. The molecule has 2 nitrogen and oxygen atoms in total. The van der Waals surface area contributed by atoms with Crippen molar-refractivity contribution in [1.82, 2.24) is 0 Å². The number of anilines is 1. The third kappa shape index (κ3) is 2.88. The molecule has 19 heavy (non-hydrogen) atoms. The van der Waals surface area contributed by atoms with Crippen molar-refractivity contribution in [1.29, 1.82) is 0 Å². The number of amides is 1. The van der Waals surface area contributed by atoms with Gasteiger partial charge < -0.3 is 5.32 Å². The summed E-state index contributed by atoms with van der Waals surface area (Å²) < 4.78 is 39.7. The number of hydrogen-bond donors (Lipinski definition) is 1. The third-order valence-electron chi connectivity index (χ3n) is 2.37. The van der Waals surface area contributed by atoms with Crippen molar-refractivity contribution < 1.29 is 18.0 Å². The van der Waals surface area contributed by atoms with E-state index in [9.17, 15) is 18.0 Å². The first-order chi connectivity index (χ1) is 8.99. The van der Waals surface area contributed by atoms with Crippen LogP contribution in [-0.4, -0.2) is 5.91 Å². The number of carbonyl (C=O) groups excluding carboxylic acids is 1. The standard InChI is InChI=1S/C13H7ClF3NO/c14-8-2-1-3-10(17)12(8)13(19)18-11-6-7(15)4-5-9(11)16/h1-6H,(H,18,19). The van der Waals surface area contributed by atoms with Gasteiger partial charge in [0.2, 0.25) is 0 Å². The molecule has 0 saturated heterocycles. The lowest BCUT2D eigenvalue weighted by Gasteiger charge is -2.08. The van der Waals surface area contributed by atoms with Crippen molar-refractivity contribution in [2.45, 2.75) is 0 Å². The first-order valence-electron chi connectivity index (χ1n) is 5.19. The molecular formula is C13H7ClF3NO. The first kappa shape index (κ1) is 13.4. The van der Waals surface area contributed by atoms with Crippen LogP contribution in [0, 0.1) is 17.5 Å². The van der Waals surface area contributed by atoms with Crippen LogP contribution in [0.15, 0.2) is 36.4 Å². The zero-order valence-electron chi connectivity index (χ0n) is 9.38. The molecule has 0 saturated carbocycles. The van der Waals surface area contributed by atoms with Crippen LogP contribution >= 0.6 is 11.6 Å². The summed E-state index contributed by atoms with van der Waals surface area (Å²) in [6.07, 6.45) is 0. The Kier molecular flexibility index (Phi) is 3.76. The smallest absolute Gasteiger partial charge is 0.260 e. The Morgan fingerprint density at radius 2 is 1.79 bits per heavy atom. The van der Waals surface area contributed by atoms with Gasteiger partial charge in [-0.15, -0.1) is 0 Å². The van der Waals surface area contributed by atoms with Gasteiger partial charge in [0, 0.05) is 6.07 Å². The number of nitrogens with one attached hydrogen (secondary N) is 1. The monoisotopic (exact) mass is 285 g/mol. The van der Waals surface area contributed by atoms with E-state index in [0.29, 0.717) is 0 Å². The summed E-state index contributed by atoms with van der Waals surface area (Å²) in [7, 11) is 0. The molecule has 0 fully saturated rings. The zero-order chi connectivity index (χ0) is 14.0. The minimum atomic E-state index is -0.951. The van der Waals surface area contributed by atoms with Crippen molar-refractivity contribution in [3.63, 3.8) is 0 Å². The number of carbonyl (C=O) groups is 1. The zero-order valence-corrected chi connectivity index (χ0v) is 10.1. The van der Waals surface area contributed by atoms with E-state index in [4.69, 9.17) is 11.6 Å².